The first kappa shape index (κ1) is 23.1. The van der Waals surface area contributed by atoms with Crippen molar-refractivity contribution in [1.29, 1.82) is 0 Å². The summed E-state index contributed by atoms with van der Waals surface area (Å²) in [5, 5.41) is 5.94. The molecule has 0 saturated heterocycles. The van der Waals surface area contributed by atoms with Gasteiger partial charge in [-0.15, -0.1) is 0 Å². The van der Waals surface area contributed by atoms with E-state index in [-0.39, 0.29) is 10.8 Å². The third-order valence-electron chi connectivity index (χ3n) is 4.30. The van der Waals surface area contributed by atoms with Gasteiger partial charge in [-0.2, -0.15) is 0 Å². The van der Waals surface area contributed by atoms with Crippen LogP contribution in [0.4, 0.5) is 5.82 Å². The zero-order valence-corrected chi connectivity index (χ0v) is 17.4. The second-order valence-corrected chi connectivity index (χ2v) is 7.44. The van der Waals surface area contributed by atoms with Crippen LogP contribution in [0, 0.1) is 0 Å². The Labute approximate surface area is 180 Å². The minimum absolute atomic E-state index is 0.174. The van der Waals surface area contributed by atoms with Crippen LogP contribution in [0.1, 0.15) is 24.8 Å². The average molecular weight is 438 g/mol. The van der Waals surface area contributed by atoms with Crippen molar-refractivity contribution in [2.24, 2.45) is 11.5 Å². The van der Waals surface area contributed by atoms with Crippen LogP contribution in [0.15, 0.2) is 42.6 Å². The number of carbonyl (C=O) groups excluding carboxylic acids is 2. The molecule has 2 aromatic rings. The van der Waals surface area contributed by atoms with Gasteiger partial charge in [-0.1, -0.05) is 53.5 Å². The Morgan fingerprint density at radius 2 is 1.83 bits per heavy atom. The lowest BCUT2D eigenvalue weighted by Crippen LogP contribution is -2.50. The van der Waals surface area contributed by atoms with Crippen LogP contribution in [0.25, 0.3) is 0 Å². The number of aromatic nitrogens is 1. The molecule has 0 aliphatic heterocycles. The van der Waals surface area contributed by atoms with Crippen LogP contribution in [0.2, 0.25) is 10.0 Å². The molecular weight excluding hydrogens is 413 g/mol. The molecule has 0 unspecified atom stereocenters. The first-order valence-corrected chi connectivity index (χ1v) is 10.1. The van der Waals surface area contributed by atoms with Crippen LogP contribution >= 0.6 is 23.2 Å². The number of benzene rings is 1. The summed E-state index contributed by atoms with van der Waals surface area (Å²) < 4.78 is 0. The minimum atomic E-state index is -0.805. The van der Waals surface area contributed by atoms with Gasteiger partial charge in [-0.05, 0) is 43.9 Å². The fourth-order valence-electron chi connectivity index (χ4n) is 2.68. The summed E-state index contributed by atoms with van der Waals surface area (Å²) in [6.07, 6.45) is 3.43. The van der Waals surface area contributed by atoms with E-state index in [1.165, 1.54) is 12.3 Å². The van der Waals surface area contributed by atoms with Crippen molar-refractivity contribution in [2.75, 3.05) is 11.9 Å². The predicted molar refractivity (Wildman–Crippen MR) is 116 cm³/mol. The van der Waals surface area contributed by atoms with Crippen LogP contribution in [0.5, 0.6) is 0 Å². The van der Waals surface area contributed by atoms with Crippen molar-refractivity contribution in [2.45, 2.75) is 37.8 Å². The molecule has 0 fully saturated rings. The molecule has 29 heavy (non-hydrogen) atoms. The Morgan fingerprint density at radius 1 is 1.10 bits per heavy atom. The van der Waals surface area contributed by atoms with Crippen molar-refractivity contribution in [1.82, 2.24) is 10.3 Å². The molecule has 0 spiro atoms. The van der Waals surface area contributed by atoms with Gasteiger partial charge in [0.1, 0.15) is 6.04 Å². The van der Waals surface area contributed by atoms with Gasteiger partial charge in [0.25, 0.3) is 0 Å². The number of amides is 2. The molecule has 0 radical (unpaired) electrons. The van der Waals surface area contributed by atoms with E-state index in [0.717, 1.165) is 5.56 Å². The first-order chi connectivity index (χ1) is 13.9. The number of nitrogens with two attached hydrogens (primary N) is 2. The number of rotatable bonds is 10. The summed E-state index contributed by atoms with van der Waals surface area (Å²) in [6.45, 7) is 0.444. The van der Waals surface area contributed by atoms with Crippen LogP contribution < -0.4 is 22.1 Å². The lowest BCUT2D eigenvalue weighted by atomic mass is 10.0. The Bertz CT molecular complexity index is 820. The Balaban J connectivity index is 2.09. The number of anilines is 1. The van der Waals surface area contributed by atoms with Gasteiger partial charge in [0.15, 0.2) is 5.82 Å². The van der Waals surface area contributed by atoms with Gasteiger partial charge in [0.05, 0.1) is 16.1 Å². The number of pyridine rings is 1. The van der Waals surface area contributed by atoms with E-state index in [4.69, 9.17) is 34.7 Å². The van der Waals surface area contributed by atoms with Crippen molar-refractivity contribution in [3.05, 3.63) is 58.2 Å². The third-order valence-corrected chi connectivity index (χ3v) is 4.80. The Morgan fingerprint density at radius 3 is 2.48 bits per heavy atom. The van der Waals surface area contributed by atoms with Crippen molar-refractivity contribution >= 4 is 40.8 Å². The van der Waals surface area contributed by atoms with E-state index in [1.807, 2.05) is 30.3 Å². The quantitative estimate of drug-likeness (QED) is 0.454. The van der Waals surface area contributed by atoms with Gasteiger partial charge in [-0.25, -0.2) is 4.98 Å². The first-order valence-electron chi connectivity index (χ1n) is 9.32. The molecule has 6 N–H and O–H groups in total. The highest BCUT2D eigenvalue weighted by molar-refractivity contribution is 6.36. The van der Waals surface area contributed by atoms with Crippen LogP contribution in [-0.2, 0) is 16.0 Å². The SMILES string of the molecule is NCCC[C@H](N)C(=O)N[C@H](CCc1ccccc1)C(=O)Nc1ncc(Cl)cc1Cl. The van der Waals surface area contributed by atoms with E-state index < -0.39 is 23.9 Å². The molecule has 156 valence electrons. The number of nitrogens with one attached hydrogen (secondary N) is 2. The highest BCUT2D eigenvalue weighted by Gasteiger charge is 2.24. The molecule has 1 heterocycles. The molecule has 0 saturated carbocycles. The van der Waals surface area contributed by atoms with Crippen molar-refractivity contribution in [3.8, 4) is 0 Å². The molecule has 7 nitrogen and oxygen atoms in total. The fourth-order valence-corrected chi connectivity index (χ4v) is 3.11. The number of hydrogen-bond acceptors (Lipinski definition) is 5. The van der Waals surface area contributed by atoms with E-state index in [0.29, 0.717) is 37.3 Å². The second kappa shape index (κ2) is 11.7. The normalized spacial score (nSPS) is 12.8. The molecular formula is C20H25Cl2N5O2. The maximum Gasteiger partial charge on any atom is 0.248 e. The highest BCUT2D eigenvalue weighted by atomic mass is 35.5. The van der Waals surface area contributed by atoms with Crippen molar-refractivity contribution < 1.29 is 9.59 Å². The summed E-state index contributed by atoms with van der Waals surface area (Å²) in [5.41, 5.74) is 12.4. The Hall–Kier alpha value is -2.19. The standard InChI is InChI=1S/C20H25Cl2N5O2/c21-14-11-15(22)18(25-12-14)27-20(29)17(9-8-13-5-2-1-3-6-13)26-19(28)16(24)7-4-10-23/h1-3,5-6,11-12,16-17H,4,7-10,23-24H2,(H,26,28)(H,25,27,29)/t16-,17+/m0/s1. The van der Waals surface area contributed by atoms with E-state index >= 15 is 0 Å². The topological polar surface area (TPSA) is 123 Å². The molecule has 1 aromatic carbocycles. The molecule has 0 bridgehead atoms. The number of nitrogens with zero attached hydrogens (tertiary/aromatic N) is 1. The Kier molecular flexibility index (Phi) is 9.34. The van der Waals surface area contributed by atoms with E-state index in [2.05, 4.69) is 15.6 Å². The summed E-state index contributed by atoms with van der Waals surface area (Å²) in [6, 6.07) is 9.62. The molecule has 2 atom stereocenters. The molecule has 9 heteroatoms. The largest absolute Gasteiger partial charge is 0.343 e. The molecule has 0 aliphatic rings. The van der Waals surface area contributed by atoms with Gasteiger partial charge >= 0.3 is 0 Å². The van der Waals surface area contributed by atoms with Crippen LogP contribution in [-0.4, -0.2) is 35.4 Å². The zero-order chi connectivity index (χ0) is 21.2. The molecule has 2 amide bonds. The van der Waals surface area contributed by atoms with E-state index in [1.54, 1.807) is 0 Å². The maximum absolute atomic E-state index is 12.8. The number of halogens is 2. The second-order valence-electron chi connectivity index (χ2n) is 6.60. The lowest BCUT2D eigenvalue weighted by molar-refractivity contribution is -0.127. The predicted octanol–water partition coefficient (Wildman–Crippen LogP) is 2.51. The summed E-state index contributed by atoms with van der Waals surface area (Å²) in [4.78, 5) is 29.3. The van der Waals surface area contributed by atoms with Gasteiger partial charge in [0, 0.05) is 6.20 Å². The maximum atomic E-state index is 12.8. The number of carbonyl (C=O) groups is 2. The van der Waals surface area contributed by atoms with Crippen molar-refractivity contribution in [3.63, 3.8) is 0 Å². The molecule has 0 aliphatic carbocycles. The highest BCUT2D eigenvalue weighted by Crippen LogP contribution is 2.22. The van der Waals surface area contributed by atoms with Gasteiger partial charge in [0.2, 0.25) is 11.8 Å². The smallest absolute Gasteiger partial charge is 0.248 e. The summed E-state index contributed by atoms with van der Waals surface area (Å²) in [7, 11) is 0. The summed E-state index contributed by atoms with van der Waals surface area (Å²) in [5.74, 6) is -0.661. The fraction of sp³-hybridized carbons (Fsp3) is 0.350. The number of aryl methyl sites for hydroxylation is 1. The van der Waals surface area contributed by atoms with Gasteiger partial charge < -0.3 is 22.1 Å². The molecule has 2 rings (SSSR count). The van der Waals surface area contributed by atoms with Crippen LogP contribution in [0.3, 0.4) is 0 Å². The number of hydrogen-bond donors (Lipinski definition) is 4. The summed E-state index contributed by atoms with van der Waals surface area (Å²) >= 11 is 11.9. The molecule has 1 aromatic heterocycles. The lowest BCUT2D eigenvalue weighted by Gasteiger charge is -2.21. The monoisotopic (exact) mass is 437 g/mol. The minimum Gasteiger partial charge on any atom is -0.343 e. The van der Waals surface area contributed by atoms with E-state index in [9.17, 15) is 9.59 Å². The van der Waals surface area contributed by atoms with Gasteiger partial charge in [-0.3, -0.25) is 9.59 Å². The third kappa shape index (κ3) is 7.62. The zero-order valence-electron chi connectivity index (χ0n) is 15.9. The average Bonchev–Trinajstić information content (AvgIpc) is 2.71.